The van der Waals surface area contributed by atoms with Crippen molar-refractivity contribution in [3.05, 3.63) is 78.1 Å². The second-order valence-electron chi connectivity index (χ2n) is 6.41. The van der Waals surface area contributed by atoms with E-state index in [1.807, 2.05) is 30.3 Å². The maximum atomic E-state index is 11.4. The Morgan fingerprint density at radius 3 is 2.65 bits per heavy atom. The van der Waals surface area contributed by atoms with E-state index in [0.29, 0.717) is 11.5 Å². The first kappa shape index (κ1) is 16.4. The minimum atomic E-state index is -0.930. The van der Waals surface area contributed by atoms with Crippen LogP contribution in [0.15, 0.2) is 61.2 Å². The van der Waals surface area contributed by atoms with Gasteiger partial charge in [-0.05, 0) is 23.8 Å². The van der Waals surface area contributed by atoms with Crippen LogP contribution >= 0.6 is 0 Å². The van der Waals surface area contributed by atoms with E-state index in [2.05, 4.69) is 19.9 Å². The van der Waals surface area contributed by atoms with Crippen molar-refractivity contribution in [2.24, 2.45) is 0 Å². The van der Waals surface area contributed by atoms with Gasteiger partial charge in [0.05, 0.1) is 11.3 Å². The quantitative estimate of drug-likeness (QED) is 0.765. The number of nitrogens with zero attached hydrogens (tertiary/aromatic N) is 4. The summed E-state index contributed by atoms with van der Waals surface area (Å²) in [7, 11) is 0. The molecule has 3 heterocycles. The lowest BCUT2D eigenvalue weighted by atomic mass is 9.96. The molecule has 1 aliphatic heterocycles. The molecule has 0 bridgehead atoms. The highest BCUT2D eigenvalue weighted by Crippen LogP contribution is 2.27. The minimum absolute atomic E-state index is 0.289. The Kier molecular flexibility index (Phi) is 4.41. The van der Waals surface area contributed by atoms with E-state index in [9.17, 15) is 9.90 Å². The van der Waals surface area contributed by atoms with Gasteiger partial charge in [-0.3, -0.25) is 9.88 Å². The predicted octanol–water partition coefficient (Wildman–Crippen LogP) is 2.84. The van der Waals surface area contributed by atoms with E-state index in [-0.39, 0.29) is 5.56 Å². The fourth-order valence-electron chi connectivity index (χ4n) is 3.26. The normalized spacial score (nSPS) is 14.8. The van der Waals surface area contributed by atoms with Crippen LogP contribution in [-0.2, 0) is 6.54 Å². The predicted molar refractivity (Wildman–Crippen MR) is 96.7 cm³/mol. The highest BCUT2D eigenvalue weighted by Gasteiger charge is 2.29. The Bertz CT molecular complexity index is 907. The van der Waals surface area contributed by atoms with E-state index in [4.69, 9.17) is 0 Å². The van der Waals surface area contributed by atoms with E-state index in [0.717, 1.165) is 36.6 Å². The molecule has 1 N–H and O–H groups in total. The third-order valence-electron chi connectivity index (χ3n) is 4.66. The fraction of sp³-hybridized carbons (Fsp3) is 0.200. The number of aromatic nitrogens is 3. The molecule has 0 unspecified atom stereocenters. The van der Waals surface area contributed by atoms with E-state index >= 15 is 0 Å². The third-order valence-corrected chi connectivity index (χ3v) is 4.66. The summed E-state index contributed by atoms with van der Waals surface area (Å²) in [6.07, 6.45) is 5.12. The number of rotatable bonds is 5. The number of hydrogen-bond donors (Lipinski definition) is 1. The number of benzene rings is 1. The Hall–Kier alpha value is -3.12. The molecule has 6 nitrogen and oxygen atoms in total. The molecule has 0 radical (unpaired) electrons. The molecule has 6 heteroatoms. The van der Waals surface area contributed by atoms with Gasteiger partial charge in [0.2, 0.25) is 0 Å². The van der Waals surface area contributed by atoms with Crippen molar-refractivity contribution in [1.29, 1.82) is 0 Å². The zero-order valence-corrected chi connectivity index (χ0v) is 14.1. The monoisotopic (exact) mass is 346 g/mol. The van der Waals surface area contributed by atoms with E-state index in [1.54, 1.807) is 30.9 Å². The van der Waals surface area contributed by atoms with Gasteiger partial charge in [0, 0.05) is 49.2 Å². The molecule has 4 rings (SSSR count). The number of hydrogen-bond acceptors (Lipinski definition) is 5. The number of pyridine rings is 1. The first-order valence-electron chi connectivity index (χ1n) is 8.46. The molecule has 26 heavy (non-hydrogen) atoms. The average Bonchev–Trinajstić information content (AvgIpc) is 2.65. The van der Waals surface area contributed by atoms with Crippen LogP contribution in [0.2, 0.25) is 0 Å². The largest absolute Gasteiger partial charge is 0.478 e. The Balaban J connectivity index is 1.41. The van der Waals surface area contributed by atoms with Gasteiger partial charge in [-0.25, -0.2) is 14.8 Å². The molecule has 2 aromatic heterocycles. The van der Waals surface area contributed by atoms with Crippen molar-refractivity contribution in [2.75, 3.05) is 13.1 Å². The maximum absolute atomic E-state index is 11.4. The molecule has 1 aromatic carbocycles. The SMILES string of the molecule is O=C(O)c1ccccc1-c1ccc(CN2CC(c3ccncn3)C2)nc1. The molecule has 0 spiro atoms. The van der Waals surface area contributed by atoms with Crippen LogP contribution < -0.4 is 0 Å². The minimum Gasteiger partial charge on any atom is -0.478 e. The summed E-state index contributed by atoms with van der Waals surface area (Å²) in [5.41, 5.74) is 3.85. The van der Waals surface area contributed by atoms with Crippen LogP contribution in [0.5, 0.6) is 0 Å². The highest BCUT2D eigenvalue weighted by atomic mass is 16.4. The topological polar surface area (TPSA) is 79.2 Å². The van der Waals surface area contributed by atoms with Gasteiger partial charge < -0.3 is 5.11 Å². The average molecular weight is 346 g/mol. The number of likely N-dealkylation sites (tertiary alicyclic amines) is 1. The second-order valence-corrected chi connectivity index (χ2v) is 6.41. The lowest BCUT2D eigenvalue weighted by Crippen LogP contribution is -2.44. The van der Waals surface area contributed by atoms with Crippen molar-refractivity contribution in [1.82, 2.24) is 19.9 Å². The van der Waals surface area contributed by atoms with Gasteiger partial charge in [-0.1, -0.05) is 24.3 Å². The summed E-state index contributed by atoms with van der Waals surface area (Å²) in [5.74, 6) is -0.472. The summed E-state index contributed by atoms with van der Waals surface area (Å²) < 4.78 is 0. The van der Waals surface area contributed by atoms with Crippen LogP contribution in [0, 0.1) is 0 Å². The van der Waals surface area contributed by atoms with E-state index in [1.165, 1.54) is 0 Å². The van der Waals surface area contributed by atoms with Gasteiger partial charge in [-0.15, -0.1) is 0 Å². The Morgan fingerprint density at radius 1 is 1.12 bits per heavy atom. The molecule has 1 saturated heterocycles. The first-order valence-corrected chi connectivity index (χ1v) is 8.46. The standard InChI is InChI=1S/C20H18N4O2/c25-20(26)18-4-2-1-3-17(18)14-5-6-16(22-9-14)12-24-10-15(11-24)19-7-8-21-13-23-19/h1-9,13,15H,10-12H2,(H,25,26). The molecule has 0 aliphatic carbocycles. The Labute approximate surface area is 151 Å². The summed E-state index contributed by atoms with van der Waals surface area (Å²) in [6, 6.07) is 12.9. The van der Waals surface area contributed by atoms with Gasteiger partial charge in [-0.2, -0.15) is 0 Å². The van der Waals surface area contributed by atoms with Gasteiger partial charge >= 0.3 is 5.97 Å². The Morgan fingerprint density at radius 2 is 1.96 bits per heavy atom. The molecule has 0 saturated carbocycles. The molecule has 0 atom stereocenters. The van der Waals surface area contributed by atoms with Crippen molar-refractivity contribution in [2.45, 2.75) is 12.5 Å². The van der Waals surface area contributed by atoms with Crippen molar-refractivity contribution in [3.8, 4) is 11.1 Å². The van der Waals surface area contributed by atoms with Crippen LogP contribution in [0.1, 0.15) is 27.7 Å². The van der Waals surface area contributed by atoms with Gasteiger partial charge in [0.25, 0.3) is 0 Å². The second kappa shape index (κ2) is 7.01. The fourth-order valence-corrected chi connectivity index (χ4v) is 3.26. The zero-order chi connectivity index (χ0) is 17.9. The molecule has 0 amide bonds. The van der Waals surface area contributed by atoms with Crippen LogP contribution in [0.4, 0.5) is 0 Å². The summed E-state index contributed by atoms with van der Waals surface area (Å²) >= 11 is 0. The molecular formula is C20H18N4O2. The van der Waals surface area contributed by atoms with Crippen LogP contribution in [0.25, 0.3) is 11.1 Å². The van der Waals surface area contributed by atoms with Gasteiger partial charge in [0.1, 0.15) is 6.33 Å². The zero-order valence-electron chi connectivity index (χ0n) is 14.1. The number of carboxylic acid groups (broad SMARTS) is 1. The van der Waals surface area contributed by atoms with E-state index < -0.39 is 5.97 Å². The van der Waals surface area contributed by atoms with Crippen LogP contribution in [0.3, 0.4) is 0 Å². The highest BCUT2D eigenvalue weighted by molar-refractivity contribution is 5.95. The van der Waals surface area contributed by atoms with Crippen LogP contribution in [-0.4, -0.2) is 44.0 Å². The number of carbonyl (C=O) groups is 1. The van der Waals surface area contributed by atoms with Gasteiger partial charge in [0.15, 0.2) is 0 Å². The first-order chi connectivity index (χ1) is 12.7. The summed E-state index contributed by atoms with van der Waals surface area (Å²) in [6.45, 7) is 2.70. The number of carboxylic acids is 1. The summed E-state index contributed by atoms with van der Waals surface area (Å²) in [5, 5.41) is 9.32. The maximum Gasteiger partial charge on any atom is 0.336 e. The molecule has 1 fully saturated rings. The molecular weight excluding hydrogens is 328 g/mol. The smallest absolute Gasteiger partial charge is 0.336 e. The molecule has 3 aromatic rings. The lowest BCUT2D eigenvalue weighted by molar-refractivity contribution is 0.0697. The van der Waals surface area contributed by atoms with Crippen molar-refractivity contribution >= 4 is 5.97 Å². The van der Waals surface area contributed by atoms with Crippen molar-refractivity contribution in [3.63, 3.8) is 0 Å². The number of aromatic carboxylic acids is 1. The third kappa shape index (κ3) is 3.32. The molecule has 1 aliphatic rings. The summed E-state index contributed by atoms with van der Waals surface area (Å²) in [4.78, 5) is 26.5. The lowest BCUT2D eigenvalue weighted by Gasteiger charge is -2.38. The van der Waals surface area contributed by atoms with Crippen molar-refractivity contribution < 1.29 is 9.90 Å². The molecule has 130 valence electrons.